The molecule has 0 unspecified atom stereocenters. The Morgan fingerprint density at radius 1 is 1.10 bits per heavy atom. The van der Waals surface area contributed by atoms with Crippen molar-refractivity contribution in [2.24, 2.45) is 4.36 Å². The lowest BCUT2D eigenvalue weighted by molar-refractivity contribution is 0.301. The first kappa shape index (κ1) is 15.1. The van der Waals surface area contributed by atoms with Gasteiger partial charge in [0.1, 0.15) is 0 Å². The van der Waals surface area contributed by atoms with E-state index < -0.39 is 5.82 Å². The molecule has 0 saturated carbocycles. The summed E-state index contributed by atoms with van der Waals surface area (Å²) in [7, 11) is 0. The zero-order valence-electron chi connectivity index (χ0n) is 11.6. The molecular weight excluding hydrogens is 285 g/mol. The highest BCUT2D eigenvalue weighted by molar-refractivity contribution is 7.47. The van der Waals surface area contributed by atoms with Gasteiger partial charge in [0.25, 0.3) is 0 Å². The normalized spacial score (nSPS) is 9.62. The van der Waals surface area contributed by atoms with Gasteiger partial charge in [-0.15, -0.1) is 0 Å². The fourth-order valence-corrected chi connectivity index (χ4v) is 1.78. The second kappa shape index (κ2) is 7.51. The van der Waals surface area contributed by atoms with E-state index in [-0.39, 0.29) is 5.75 Å². The summed E-state index contributed by atoms with van der Waals surface area (Å²) < 4.78 is 22.7. The van der Waals surface area contributed by atoms with Crippen LogP contribution in [0, 0.1) is 17.7 Å². The third-order valence-electron chi connectivity index (χ3n) is 2.72. The van der Waals surface area contributed by atoms with E-state index in [1.54, 1.807) is 24.3 Å². The van der Waals surface area contributed by atoms with E-state index in [4.69, 9.17) is 4.74 Å². The Bertz CT molecular complexity index is 686. The third-order valence-corrected chi connectivity index (χ3v) is 2.93. The van der Waals surface area contributed by atoms with Gasteiger partial charge in [-0.1, -0.05) is 18.8 Å². The van der Waals surface area contributed by atoms with Crippen molar-refractivity contribution in [1.29, 1.82) is 0 Å². The van der Waals surface area contributed by atoms with Crippen molar-refractivity contribution in [3.05, 3.63) is 59.4 Å². The van der Waals surface area contributed by atoms with Crippen LogP contribution in [0.15, 0.2) is 46.8 Å². The fraction of sp³-hybridized carbons (Fsp3) is 0.176. The lowest BCUT2D eigenvalue weighted by Gasteiger charge is -2.05. The zero-order valence-corrected chi connectivity index (χ0v) is 12.4. The molecule has 2 nitrogen and oxygen atoms in total. The fourth-order valence-electron chi connectivity index (χ4n) is 1.66. The summed E-state index contributed by atoms with van der Waals surface area (Å²) in [6.07, 6.45) is 0.841. The number of hydrogen-bond acceptors (Lipinski definition) is 3. The SMILES string of the molecule is CCCOc1ccc(C#Cc2ccc(N=S)cc2)cc1F. The van der Waals surface area contributed by atoms with E-state index in [0.717, 1.165) is 17.7 Å². The zero-order chi connectivity index (χ0) is 15.1. The van der Waals surface area contributed by atoms with Crippen molar-refractivity contribution in [2.45, 2.75) is 13.3 Å². The molecule has 4 heteroatoms. The number of nitrogens with zero attached hydrogens (tertiary/aromatic N) is 1. The highest BCUT2D eigenvalue weighted by atomic mass is 32.1. The van der Waals surface area contributed by atoms with Crippen LogP contribution in [0.1, 0.15) is 24.5 Å². The minimum Gasteiger partial charge on any atom is -0.491 e. The Morgan fingerprint density at radius 3 is 2.38 bits per heavy atom. The van der Waals surface area contributed by atoms with Gasteiger partial charge < -0.3 is 4.74 Å². The molecule has 0 aromatic heterocycles. The minimum atomic E-state index is -0.393. The van der Waals surface area contributed by atoms with Gasteiger partial charge in [-0.2, -0.15) is 4.36 Å². The number of halogens is 1. The van der Waals surface area contributed by atoms with E-state index in [1.807, 2.05) is 19.1 Å². The van der Waals surface area contributed by atoms with Gasteiger partial charge in [0.05, 0.1) is 12.3 Å². The van der Waals surface area contributed by atoms with Crippen LogP contribution < -0.4 is 4.74 Å². The summed E-state index contributed by atoms with van der Waals surface area (Å²) in [5, 5.41) is 0. The topological polar surface area (TPSA) is 21.6 Å². The van der Waals surface area contributed by atoms with Crippen molar-refractivity contribution < 1.29 is 9.13 Å². The van der Waals surface area contributed by atoms with Crippen LogP contribution >= 0.6 is 0 Å². The Morgan fingerprint density at radius 2 is 1.76 bits per heavy atom. The summed E-state index contributed by atoms with van der Waals surface area (Å²) in [5.74, 6) is 5.76. The van der Waals surface area contributed by atoms with Gasteiger partial charge in [-0.05, 0) is 48.9 Å². The third kappa shape index (κ3) is 4.37. The first-order valence-electron chi connectivity index (χ1n) is 6.60. The van der Waals surface area contributed by atoms with Crippen molar-refractivity contribution in [3.63, 3.8) is 0 Å². The highest BCUT2D eigenvalue weighted by Gasteiger charge is 2.03. The van der Waals surface area contributed by atoms with Gasteiger partial charge in [0.15, 0.2) is 11.6 Å². The molecule has 0 aliphatic heterocycles. The molecule has 0 amide bonds. The lowest BCUT2D eigenvalue weighted by atomic mass is 10.1. The molecule has 0 aliphatic rings. The van der Waals surface area contributed by atoms with E-state index in [0.29, 0.717) is 12.2 Å². The van der Waals surface area contributed by atoms with Gasteiger partial charge in [0.2, 0.25) is 0 Å². The van der Waals surface area contributed by atoms with Crippen LogP contribution in [0.5, 0.6) is 5.75 Å². The summed E-state index contributed by atoms with van der Waals surface area (Å²) in [6, 6.07) is 12.0. The van der Waals surface area contributed by atoms with Crippen LogP contribution in [-0.2, 0) is 12.4 Å². The van der Waals surface area contributed by atoms with E-state index in [9.17, 15) is 4.39 Å². The van der Waals surface area contributed by atoms with E-state index in [1.165, 1.54) is 6.07 Å². The molecule has 2 aromatic carbocycles. The average Bonchev–Trinajstić information content (AvgIpc) is 2.52. The summed E-state index contributed by atoms with van der Waals surface area (Å²) in [5.41, 5.74) is 2.15. The largest absolute Gasteiger partial charge is 0.491 e. The summed E-state index contributed by atoms with van der Waals surface area (Å²) >= 11 is 4.60. The molecule has 2 rings (SSSR count). The molecule has 0 saturated heterocycles. The summed E-state index contributed by atoms with van der Waals surface area (Å²) in [4.78, 5) is 0. The number of rotatable bonds is 4. The van der Waals surface area contributed by atoms with E-state index >= 15 is 0 Å². The van der Waals surface area contributed by atoms with Crippen molar-refractivity contribution in [2.75, 3.05) is 6.61 Å². The quantitative estimate of drug-likeness (QED) is 0.782. The van der Waals surface area contributed by atoms with E-state index in [2.05, 4.69) is 28.6 Å². The molecular formula is C17H14FNOS. The molecule has 0 aliphatic carbocycles. The molecule has 21 heavy (non-hydrogen) atoms. The van der Waals surface area contributed by atoms with Crippen LogP contribution in [0.4, 0.5) is 10.1 Å². The maximum atomic E-state index is 13.8. The molecule has 0 radical (unpaired) electrons. The van der Waals surface area contributed by atoms with Gasteiger partial charge >= 0.3 is 0 Å². The molecule has 0 atom stereocenters. The summed E-state index contributed by atoms with van der Waals surface area (Å²) in [6.45, 7) is 2.48. The average molecular weight is 299 g/mol. The molecule has 0 N–H and O–H groups in total. The van der Waals surface area contributed by atoms with Gasteiger partial charge in [-0.3, -0.25) is 0 Å². The van der Waals surface area contributed by atoms with Crippen LogP contribution in [0.2, 0.25) is 0 Å². The Hall–Kier alpha value is -2.25. The minimum absolute atomic E-state index is 0.263. The number of hydrogen-bond donors (Lipinski definition) is 0. The standard InChI is InChI=1S/C17H14FNOS/c1-2-11-20-17-10-7-14(12-16(17)18)4-3-13-5-8-15(19-21)9-6-13/h5-10,12H,2,11H2,1H3. The first-order valence-corrected chi connectivity index (χ1v) is 6.97. The van der Waals surface area contributed by atoms with Crippen molar-refractivity contribution in [3.8, 4) is 17.6 Å². The smallest absolute Gasteiger partial charge is 0.166 e. The highest BCUT2D eigenvalue weighted by Crippen LogP contribution is 2.18. The number of ether oxygens (including phenoxy) is 1. The first-order chi connectivity index (χ1) is 10.2. The Kier molecular flexibility index (Phi) is 5.42. The molecule has 0 spiro atoms. The lowest BCUT2D eigenvalue weighted by Crippen LogP contribution is -1.97. The van der Waals surface area contributed by atoms with Crippen LogP contribution in [0.25, 0.3) is 0 Å². The Labute approximate surface area is 129 Å². The second-order valence-electron chi connectivity index (χ2n) is 4.38. The van der Waals surface area contributed by atoms with Gasteiger partial charge in [-0.25, -0.2) is 4.39 Å². The molecule has 0 fully saturated rings. The molecule has 2 aromatic rings. The molecule has 0 bridgehead atoms. The second-order valence-corrected chi connectivity index (χ2v) is 4.56. The van der Waals surface area contributed by atoms with Crippen molar-refractivity contribution in [1.82, 2.24) is 0 Å². The maximum Gasteiger partial charge on any atom is 0.166 e. The van der Waals surface area contributed by atoms with Crippen LogP contribution in [-0.4, -0.2) is 6.61 Å². The Balaban J connectivity index is 2.14. The monoisotopic (exact) mass is 299 g/mol. The molecule has 106 valence electrons. The molecule has 0 heterocycles. The van der Waals surface area contributed by atoms with Crippen LogP contribution in [0.3, 0.4) is 0 Å². The predicted octanol–water partition coefficient (Wildman–Crippen LogP) is 4.38. The van der Waals surface area contributed by atoms with Gasteiger partial charge in [0, 0.05) is 23.6 Å². The maximum absolute atomic E-state index is 13.8. The predicted molar refractivity (Wildman–Crippen MR) is 84.1 cm³/mol. The van der Waals surface area contributed by atoms with Crippen molar-refractivity contribution >= 4 is 18.1 Å². The number of benzene rings is 2.